The van der Waals surface area contributed by atoms with Crippen LogP contribution in [0.3, 0.4) is 0 Å². The van der Waals surface area contributed by atoms with E-state index in [4.69, 9.17) is 0 Å². The van der Waals surface area contributed by atoms with Gasteiger partial charge in [-0.05, 0) is 19.9 Å². The van der Waals surface area contributed by atoms with Crippen molar-refractivity contribution in [2.24, 2.45) is 5.41 Å². The fourth-order valence-electron chi connectivity index (χ4n) is 2.23. The summed E-state index contributed by atoms with van der Waals surface area (Å²) in [5, 5.41) is 18.4. The molecule has 0 saturated heterocycles. The van der Waals surface area contributed by atoms with E-state index in [0.29, 0.717) is 6.04 Å². The molecule has 3 nitrogen and oxygen atoms in total. The molecule has 1 fully saturated rings. The van der Waals surface area contributed by atoms with E-state index in [1.807, 2.05) is 6.92 Å². The van der Waals surface area contributed by atoms with Gasteiger partial charge >= 0.3 is 0 Å². The molecule has 2 N–H and O–H groups in total. The molecule has 0 aliphatic heterocycles. The standard InChI is InChI=1S/C11H23NO2/c1-11(8-13,9-14)7-12(2)10-5-3-4-6-10/h10,13-14H,3-9H2,1-2H3. The largest absolute Gasteiger partial charge is 0.396 e. The van der Waals surface area contributed by atoms with Crippen LogP contribution in [-0.2, 0) is 0 Å². The van der Waals surface area contributed by atoms with E-state index in [2.05, 4.69) is 11.9 Å². The van der Waals surface area contributed by atoms with Gasteiger partial charge in [0.25, 0.3) is 0 Å². The lowest BCUT2D eigenvalue weighted by Gasteiger charge is -2.33. The zero-order valence-corrected chi connectivity index (χ0v) is 9.37. The summed E-state index contributed by atoms with van der Waals surface area (Å²) in [7, 11) is 2.10. The molecule has 14 heavy (non-hydrogen) atoms. The van der Waals surface area contributed by atoms with Crippen LogP contribution in [0.2, 0.25) is 0 Å². The molecular weight excluding hydrogens is 178 g/mol. The van der Waals surface area contributed by atoms with Gasteiger partial charge in [0.05, 0.1) is 13.2 Å². The summed E-state index contributed by atoms with van der Waals surface area (Å²) in [6.07, 6.45) is 5.18. The number of hydrogen-bond donors (Lipinski definition) is 2. The second-order valence-corrected chi connectivity index (χ2v) is 4.98. The smallest absolute Gasteiger partial charge is 0.0519 e. The molecule has 0 bridgehead atoms. The molecule has 0 spiro atoms. The Balaban J connectivity index is 2.41. The van der Waals surface area contributed by atoms with Crippen LogP contribution in [-0.4, -0.2) is 48.0 Å². The molecule has 0 amide bonds. The van der Waals surface area contributed by atoms with Gasteiger partial charge in [-0.2, -0.15) is 0 Å². The lowest BCUT2D eigenvalue weighted by molar-refractivity contribution is 0.0315. The maximum atomic E-state index is 9.19. The molecule has 0 aromatic carbocycles. The molecule has 84 valence electrons. The molecule has 1 aliphatic carbocycles. The summed E-state index contributed by atoms with van der Waals surface area (Å²) in [4.78, 5) is 2.29. The molecule has 1 rings (SSSR count). The topological polar surface area (TPSA) is 43.7 Å². The lowest BCUT2D eigenvalue weighted by atomic mass is 9.92. The Kier molecular flexibility index (Phi) is 4.35. The number of aliphatic hydroxyl groups excluding tert-OH is 2. The molecule has 0 aromatic heterocycles. The van der Waals surface area contributed by atoms with Gasteiger partial charge in [0, 0.05) is 18.0 Å². The van der Waals surface area contributed by atoms with Crippen molar-refractivity contribution in [3.8, 4) is 0 Å². The summed E-state index contributed by atoms with van der Waals surface area (Å²) < 4.78 is 0. The maximum absolute atomic E-state index is 9.19. The first-order valence-electron chi connectivity index (χ1n) is 5.53. The van der Waals surface area contributed by atoms with Crippen LogP contribution in [0.15, 0.2) is 0 Å². The molecule has 0 unspecified atom stereocenters. The third-order valence-electron chi connectivity index (χ3n) is 3.34. The summed E-state index contributed by atoms with van der Waals surface area (Å²) in [6, 6.07) is 0.660. The van der Waals surface area contributed by atoms with Crippen molar-refractivity contribution in [1.82, 2.24) is 4.90 Å². The maximum Gasteiger partial charge on any atom is 0.0519 e. The zero-order chi connectivity index (χ0) is 10.6. The number of aliphatic hydroxyl groups is 2. The van der Waals surface area contributed by atoms with Crippen LogP contribution in [0.5, 0.6) is 0 Å². The van der Waals surface area contributed by atoms with E-state index in [-0.39, 0.29) is 18.6 Å². The van der Waals surface area contributed by atoms with Gasteiger partial charge in [-0.3, -0.25) is 0 Å². The lowest BCUT2D eigenvalue weighted by Crippen LogP contribution is -2.42. The van der Waals surface area contributed by atoms with Crippen LogP contribution < -0.4 is 0 Å². The Morgan fingerprint density at radius 2 is 1.71 bits per heavy atom. The normalized spacial score (nSPS) is 19.5. The van der Waals surface area contributed by atoms with E-state index in [0.717, 1.165) is 6.54 Å². The van der Waals surface area contributed by atoms with Crippen LogP contribution in [0, 0.1) is 5.41 Å². The highest BCUT2D eigenvalue weighted by molar-refractivity contribution is 4.81. The van der Waals surface area contributed by atoms with E-state index in [9.17, 15) is 10.2 Å². The minimum atomic E-state index is -0.350. The van der Waals surface area contributed by atoms with Crippen molar-refractivity contribution in [2.75, 3.05) is 26.8 Å². The van der Waals surface area contributed by atoms with Gasteiger partial charge in [0.1, 0.15) is 0 Å². The summed E-state index contributed by atoms with van der Waals surface area (Å²) in [5.74, 6) is 0. The Hall–Kier alpha value is -0.120. The Morgan fingerprint density at radius 1 is 1.21 bits per heavy atom. The minimum absolute atomic E-state index is 0.0561. The average Bonchev–Trinajstić information content (AvgIpc) is 2.70. The first-order chi connectivity index (χ1) is 6.61. The average molecular weight is 201 g/mol. The number of rotatable bonds is 5. The van der Waals surface area contributed by atoms with Crippen LogP contribution in [0.25, 0.3) is 0 Å². The predicted octanol–water partition coefficient (Wildman–Crippen LogP) is 0.852. The van der Waals surface area contributed by atoms with Crippen LogP contribution in [0.1, 0.15) is 32.6 Å². The van der Waals surface area contributed by atoms with Crippen molar-refractivity contribution in [3.05, 3.63) is 0 Å². The third kappa shape index (κ3) is 2.94. The predicted molar refractivity (Wildman–Crippen MR) is 57.2 cm³/mol. The van der Waals surface area contributed by atoms with Crippen molar-refractivity contribution in [1.29, 1.82) is 0 Å². The molecule has 0 aromatic rings. The Labute approximate surface area is 86.7 Å². The van der Waals surface area contributed by atoms with Crippen LogP contribution >= 0.6 is 0 Å². The van der Waals surface area contributed by atoms with E-state index in [1.54, 1.807) is 0 Å². The van der Waals surface area contributed by atoms with E-state index in [1.165, 1.54) is 25.7 Å². The molecule has 0 radical (unpaired) electrons. The first-order valence-corrected chi connectivity index (χ1v) is 5.53. The van der Waals surface area contributed by atoms with Crippen molar-refractivity contribution < 1.29 is 10.2 Å². The highest BCUT2D eigenvalue weighted by atomic mass is 16.3. The molecule has 0 atom stereocenters. The van der Waals surface area contributed by atoms with Gasteiger partial charge in [-0.1, -0.05) is 19.8 Å². The second-order valence-electron chi connectivity index (χ2n) is 4.98. The fourth-order valence-corrected chi connectivity index (χ4v) is 2.23. The zero-order valence-electron chi connectivity index (χ0n) is 9.37. The van der Waals surface area contributed by atoms with E-state index >= 15 is 0 Å². The molecule has 1 aliphatic rings. The molecule has 0 heterocycles. The minimum Gasteiger partial charge on any atom is -0.396 e. The van der Waals surface area contributed by atoms with Gasteiger partial charge in [0.2, 0.25) is 0 Å². The van der Waals surface area contributed by atoms with Crippen molar-refractivity contribution in [3.63, 3.8) is 0 Å². The molecule has 1 saturated carbocycles. The summed E-state index contributed by atoms with van der Waals surface area (Å²) in [5.41, 5.74) is -0.350. The van der Waals surface area contributed by atoms with Gasteiger partial charge in [0.15, 0.2) is 0 Å². The van der Waals surface area contributed by atoms with Crippen molar-refractivity contribution in [2.45, 2.75) is 38.6 Å². The molecular formula is C11H23NO2. The van der Waals surface area contributed by atoms with Gasteiger partial charge in [-0.15, -0.1) is 0 Å². The highest BCUT2D eigenvalue weighted by Crippen LogP contribution is 2.25. The highest BCUT2D eigenvalue weighted by Gasteiger charge is 2.28. The Bertz CT molecular complexity index is 163. The Morgan fingerprint density at radius 3 is 2.14 bits per heavy atom. The fraction of sp³-hybridized carbons (Fsp3) is 1.00. The quantitative estimate of drug-likeness (QED) is 0.693. The molecule has 3 heteroatoms. The summed E-state index contributed by atoms with van der Waals surface area (Å²) in [6.45, 7) is 2.82. The second kappa shape index (κ2) is 5.10. The number of nitrogens with zero attached hydrogens (tertiary/aromatic N) is 1. The SMILES string of the molecule is CN(CC(C)(CO)CO)C1CCCC1. The van der Waals surface area contributed by atoms with Crippen LogP contribution in [0.4, 0.5) is 0 Å². The third-order valence-corrected chi connectivity index (χ3v) is 3.34. The number of hydrogen-bond acceptors (Lipinski definition) is 3. The van der Waals surface area contributed by atoms with E-state index < -0.39 is 0 Å². The van der Waals surface area contributed by atoms with Gasteiger partial charge in [-0.25, -0.2) is 0 Å². The summed E-state index contributed by atoms with van der Waals surface area (Å²) >= 11 is 0. The van der Waals surface area contributed by atoms with Gasteiger partial charge < -0.3 is 15.1 Å². The van der Waals surface area contributed by atoms with Crippen molar-refractivity contribution >= 4 is 0 Å². The monoisotopic (exact) mass is 201 g/mol. The first kappa shape index (κ1) is 12.0.